The van der Waals surface area contributed by atoms with Crippen molar-refractivity contribution >= 4 is 37.7 Å². The van der Waals surface area contributed by atoms with Gasteiger partial charge in [0.2, 0.25) is 0 Å². The molecule has 0 heterocycles. The monoisotopic (exact) mass is 481 g/mol. The molecule has 0 fully saturated rings. The van der Waals surface area contributed by atoms with Crippen molar-refractivity contribution in [2.75, 3.05) is 6.61 Å². The van der Waals surface area contributed by atoms with Gasteiger partial charge >= 0.3 is 132 Å². The molecule has 0 aromatic heterocycles. The molecule has 21 heavy (non-hydrogen) atoms. The van der Waals surface area contributed by atoms with E-state index in [1.165, 1.54) is 0 Å². The Balaban J connectivity index is 0.00000191. The number of nitrogens with zero attached hydrogens (tertiary/aromatic N) is 1. The number of esters is 1. The number of carbonyl (C=O) groups is 1. The van der Waals surface area contributed by atoms with E-state index in [0.717, 1.165) is 11.3 Å². The van der Waals surface area contributed by atoms with Crippen LogP contribution in [-0.4, -0.2) is 44.4 Å². The fourth-order valence-electron chi connectivity index (χ4n) is 2.21. The van der Waals surface area contributed by atoms with Gasteiger partial charge in [0.1, 0.15) is 0 Å². The molecule has 1 aromatic carbocycles. The second kappa shape index (κ2) is 10.9. The standard InChI is InChI=1S/C15H20NO2.C2H6.Tl/c1-4-15(12(3)16,14(17)18-5-2)11-13-9-7-6-8-10-13;1-2;/h6-10H,4-5,11H2,1-3H3;1-2H3;/q-1;;+1. The second-order valence-electron chi connectivity index (χ2n) is 4.53. The summed E-state index contributed by atoms with van der Waals surface area (Å²) in [5.41, 5.74) is 1.44. The quantitative estimate of drug-likeness (QED) is 0.353. The van der Waals surface area contributed by atoms with Gasteiger partial charge < -0.3 is 0 Å². The molecule has 0 spiro atoms. The molecule has 4 heteroatoms. The van der Waals surface area contributed by atoms with Gasteiger partial charge in [-0.1, -0.05) is 13.8 Å². The molecule has 3 nitrogen and oxygen atoms in total. The topological polar surface area (TPSA) is 38.7 Å². The summed E-state index contributed by atoms with van der Waals surface area (Å²) in [7, 11) is 0. The van der Waals surface area contributed by atoms with Crippen molar-refractivity contribution < 1.29 is 9.53 Å². The molecular formula is C17H26NO2Tl. The van der Waals surface area contributed by atoms with Gasteiger partial charge in [-0.3, -0.25) is 0 Å². The van der Waals surface area contributed by atoms with E-state index < -0.39 is 5.41 Å². The molecule has 0 saturated heterocycles. The van der Waals surface area contributed by atoms with Gasteiger partial charge in [0.25, 0.3) is 0 Å². The summed E-state index contributed by atoms with van der Waals surface area (Å²) in [5, 5.41) is 0. The summed E-state index contributed by atoms with van der Waals surface area (Å²) < 4.78 is 9.71. The Morgan fingerprint density at radius 3 is 2.24 bits per heavy atom. The molecule has 1 unspecified atom stereocenters. The van der Waals surface area contributed by atoms with E-state index in [2.05, 4.69) is 2.80 Å². The van der Waals surface area contributed by atoms with Crippen LogP contribution in [0.3, 0.4) is 0 Å². The summed E-state index contributed by atoms with van der Waals surface area (Å²) in [5.74, 6) is -0.150. The molecule has 0 radical (unpaired) electrons. The van der Waals surface area contributed by atoms with Crippen LogP contribution in [0.25, 0.3) is 0 Å². The van der Waals surface area contributed by atoms with Crippen LogP contribution < -0.4 is 0 Å². The summed E-state index contributed by atoms with van der Waals surface area (Å²) in [6.07, 6.45) is 1.37. The molecule has 0 bridgehead atoms. The van der Waals surface area contributed by atoms with Crippen molar-refractivity contribution in [1.82, 2.24) is 0 Å². The second-order valence-corrected chi connectivity index (χ2v) is 5.54. The van der Waals surface area contributed by atoms with E-state index in [4.69, 9.17) is 4.74 Å². The molecular weight excluding hydrogens is 455 g/mol. The van der Waals surface area contributed by atoms with E-state index >= 15 is 0 Å². The molecule has 0 aliphatic rings. The molecule has 0 aliphatic heterocycles. The summed E-state index contributed by atoms with van der Waals surface area (Å²) in [4.78, 5) is 12.4. The van der Waals surface area contributed by atoms with Crippen LogP contribution in [0.2, 0.25) is 0 Å². The number of hydrogen-bond donors (Lipinski definition) is 0. The normalized spacial score (nSPS) is 13.6. The molecule has 0 amide bonds. The molecule has 1 aromatic rings. The van der Waals surface area contributed by atoms with E-state index in [0.29, 0.717) is 45.5 Å². The number of rotatable bonds is 6. The zero-order chi connectivity index (χ0) is 16.3. The van der Waals surface area contributed by atoms with Crippen LogP contribution in [-0.2, 0) is 16.0 Å². The number of ether oxygens (including phenoxy) is 1. The number of benzene rings is 1. The first-order valence-corrected chi connectivity index (χ1v) is 9.57. The van der Waals surface area contributed by atoms with Gasteiger partial charge in [-0.05, 0) is 0 Å². The van der Waals surface area contributed by atoms with Gasteiger partial charge in [-0.2, -0.15) is 0 Å². The predicted molar refractivity (Wildman–Crippen MR) is 89.7 cm³/mol. The van der Waals surface area contributed by atoms with Gasteiger partial charge in [-0.15, -0.1) is 0 Å². The zero-order valence-corrected chi connectivity index (χ0v) is 18.3. The molecule has 1 atom stereocenters. The third-order valence-corrected chi connectivity index (χ3v) is 5.01. The summed E-state index contributed by atoms with van der Waals surface area (Å²) >= 11 is 0.501. The Bertz CT molecular complexity index is 445. The van der Waals surface area contributed by atoms with Gasteiger partial charge in [-0.25, -0.2) is 0 Å². The van der Waals surface area contributed by atoms with Crippen LogP contribution in [0.4, 0.5) is 0 Å². The Hall–Kier alpha value is -0.718. The molecule has 0 saturated carbocycles. The van der Waals surface area contributed by atoms with Crippen molar-refractivity contribution in [3.05, 3.63) is 35.9 Å². The van der Waals surface area contributed by atoms with E-state index in [9.17, 15) is 4.79 Å². The van der Waals surface area contributed by atoms with Gasteiger partial charge in [0.05, 0.1) is 0 Å². The van der Waals surface area contributed by atoms with Gasteiger partial charge in [0, 0.05) is 0 Å². The SMILES string of the molecule is CC.CCOC(=O)C(CC)(Cc1ccccc1)/C(C)=[N]/[Tl]. The Kier molecular flexibility index (Phi) is 10.6. The van der Waals surface area contributed by atoms with Crippen LogP contribution >= 0.6 is 0 Å². The van der Waals surface area contributed by atoms with Gasteiger partial charge in [0.15, 0.2) is 0 Å². The maximum absolute atomic E-state index is 12.4. The fraction of sp³-hybridized carbons (Fsp3) is 0.529. The number of hydrogen-bond acceptors (Lipinski definition) is 3. The zero-order valence-electron chi connectivity index (χ0n) is 13.8. The molecule has 0 aliphatic carbocycles. The molecule has 114 valence electrons. The average molecular weight is 481 g/mol. The third-order valence-electron chi connectivity index (χ3n) is 3.50. The van der Waals surface area contributed by atoms with Crippen molar-refractivity contribution in [3.8, 4) is 0 Å². The Morgan fingerprint density at radius 2 is 1.81 bits per heavy atom. The first-order chi connectivity index (χ1) is 10.1. The minimum atomic E-state index is -0.605. The van der Waals surface area contributed by atoms with Crippen LogP contribution in [0, 0.1) is 5.41 Å². The molecule has 0 N–H and O–H groups in total. The predicted octanol–water partition coefficient (Wildman–Crippen LogP) is 3.76. The van der Waals surface area contributed by atoms with E-state index in [1.54, 1.807) is 0 Å². The van der Waals surface area contributed by atoms with E-state index in [1.807, 2.05) is 65.0 Å². The molecule has 1 rings (SSSR count). The average Bonchev–Trinajstić information content (AvgIpc) is 2.55. The van der Waals surface area contributed by atoms with Crippen LogP contribution in [0.1, 0.15) is 46.6 Å². The van der Waals surface area contributed by atoms with Crippen molar-refractivity contribution in [2.45, 2.75) is 47.5 Å². The first-order valence-electron chi connectivity index (χ1n) is 7.56. The van der Waals surface area contributed by atoms with Crippen molar-refractivity contribution in [1.29, 1.82) is 0 Å². The fourth-order valence-corrected chi connectivity index (χ4v) is 3.17. The summed E-state index contributed by atoms with van der Waals surface area (Å²) in [6.45, 7) is 10.2. The number of carbonyl (C=O) groups excluding carboxylic acids is 1. The van der Waals surface area contributed by atoms with E-state index in [-0.39, 0.29) is 5.97 Å². The Morgan fingerprint density at radius 1 is 1.24 bits per heavy atom. The maximum atomic E-state index is 12.4. The third kappa shape index (κ3) is 5.53. The van der Waals surface area contributed by atoms with Crippen LogP contribution in [0.15, 0.2) is 33.1 Å². The minimum absolute atomic E-state index is 0.150. The van der Waals surface area contributed by atoms with Crippen molar-refractivity contribution in [2.24, 2.45) is 8.22 Å². The first kappa shape index (κ1) is 20.3. The summed E-state index contributed by atoms with van der Waals surface area (Å²) in [6, 6.07) is 10.1. The van der Waals surface area contributed by atoms with Crippen molar-refractivity contribution in [3.63, 3.8) is 0 Å². The van der Waals surface area contributed by atoms with Crippen LogP contribution in [0.5, 0.6) is 0 Å². The Labute approximate surface area is 145 Å².